The van der Waals surface area contributed by atoms with E-state index >= 15 is 0 Å². The van der Waals surface area contributed by atoms with Gasteiger partial charge in [0.15, 0.2) is 11.5 Å². The molecule has 1 saturated heterocycles. The molecule has 8 nitrogen and oxygen atoms in total. The summed E-state index contributed by atoms with van der Waals surface area (Å²) in [6.07, 6.45) is 3.78. The predicted molar refractivity (Wildman–Crippen MR) is 171 cm³/mol. The maximum absolute atomic E-state index is 14.5. The molecule has 1 amide bonds. The minimum absolute atomic E-state index is 0.0188. The van der Waals surface area contributed by atoms with Gasteiger partial charge in [0, 0.05) is 30.2 Å². The smallest absolute Gasteiger partial charge is 0.308 e. The second-order valence-corrected chi connectivity index (χ2v) is 12.0. The van der Waals surface area contributed by atoms with Crippen molar-refractivity contribution < 1.29 is 33.3 Å². The molecule has 3 atom stereocenters. The number of halogens is 1. The topological polar surface area (TPSA) is 88.5 Å². The molecule has 1 N–H and O–H groups in total. The zero-order chi connectivity index (χ0) is 32.1. The number of nitrogens with zero attached hydrogens (tertiary/aromatic N) is 2. The van der Waals surface area contributed by atoms with Crippen LogP contribution in [0.5, 0.6) is 17.2 Å². The lowest BCUT2D eigenvalue weighted by Gasteiger charge is -2.35. The zero-order valence-electron chi connectivity index (χ0n) is 26.5. The monoisotopic (exact) mass is 618 g/mol. The summed E-state index contributed by atoms with van der Waals surface area (Å²) in [4.78, 5) is 31.4. The van der Waals surface area contributed by atoms with Gasteiger partial charge in [-0.15, -0.1) is 0 Å². The van der Waals surface area contributed by atoms with Gasteiger partial charge in [0.25, 0.3) is 0 Å². The minimum Gasteiger partial charge on any atom is -0.496 e. The minimum atomic E-state index is -0.923. The van der Waals surface area contributed by atoms with Crippen LogP contribution in [0.25, 0.3) is 0 Å². The predicted octanol–water partition coefficient (Wildman–Crippen LogP) is 6.58. The Hall–Kier alpha value is -4.11. The number of benzene rings is 3. The van der Waals surface area contributed by atoms with Crippen molar-refractivity contribution in [1.29, 1.82) is 0 Å². The molecule has 0 saturated carbocycles. The van der Waals surface area contributed by atoms with Crippen molar-refractivity contribution in [2.75, 3.05) is 31.9 Å². The number of hydrogen-bond acceptors (Lipinski definition) is 6. The Bertz CT molecular complexity index is 1510. The number of aliphatic carboxylic acids is 1. The second kappa shape index (κ2) is 14.3. The molecular formula is C36H43FN2O6. The van der Waals surface area contributed by atoms with Crippen LogP contribution in [0.4, 0.5) is 10.1 Å². The molecule has 45 heavy (non-hydrogen) atoms. The van der Waals surface area contributed by atoms with Gasteiger partial charge in [-0.1, -0.05) is 51.0 Å². The first-order valence-electron chi connectivity index (χ1n) is 15.8. The van der Waals surface area contributed by atoms with Crippen molar-refractivity contribution in [3.05, 3.63) is 83.2 Å². The van der Waals surface area contributed by atoms with E-state index in [1.54, 1.807) is 26.2 Å². The summed E-state index contributed by atoms with van der Waals surface area (Å²) in [7, 11) is 1.60. The zero-order valence-corrected chi connectivity index (χ0v) is 26.5. The van der Waals surface area contributed by atoms with E-state index in [-0.39, 0.29) is 31.1 Å². The third kappa shape index (κ3) is 6.93. The highest BCUT2D eigenvalue weighted by Gasteiger charge is 2.48. The van der Waals surface area contributed by atoms with E-state index in [4.69, 9.17) is 14.2 Å². The molecule has 2 aliphatic heterocycles. The van der Waals surface area contributed by atoms with Crippen molar-refractivity contribution in [2.45, 2.75) is 70.9 Å². The molecule has 0 radical (unpaired) electrons. The fraction of sp³-hybridized carbons (Fsp3) is 0.444. The maximum Gasteiger partial charge on any atom is 0.308 e. The Kier molecular flexibility index (Phi) is 10.3. The molecule has 3 aromatic rings. The van der Waals surface area contributed by atoms with Gasteiger partial charge < -0.3 is 24.2 Å². The van der Waals surface area contributed by atoms with E-state index in [1.807, 2.05) is 52.3 Å². The van der Waals surface area contributed by atoms with Crippen LogP contribution in [0, 0.1) is 18.7 Å². The van der Waals surface area contributed by atoms with Crippen LogP contribution in [0.15, 0.2) is 60.7 Å². The van der Waals surface area contributed by atoms with E-state index in [9.17, 15) is 19.1 Å². The fourth-order valence-corrected chi connectivity index (χ4v) is 6.98. The van der Waals surface area contributed by atoms with Crippen molar-refractivity contribution in [3.8, 4) is 17.2 Å². The summed E-state index contributed by atoms with van der Waals surface area (Å²) in [5.74, 6) is -0.673. The summed E-state index contributed by atoms with van der Waals surface area (Å²) >= 11 is 0. The number of para-hydroxylation sites is 1. The third-order valence-electron chi connectivity index (χ3n) is 9.12. The lowest BCUT2D eigenvalue weighted by Crippen LogP contribution is -2.48. The molecule has 240 valence electrons. The van der Waals surface area contributed by atoms with Gasteiger partial charge in [0.2, 0.25) is 12.7 Å². The highest BCUT2D eigenvalue weighted by atomic mass is 19.1. The normalized spacial score (nSPS) is 19.2. The lowest BCUT2D eigenvalue weighted by atomic mass is 9.83. The van der Waals surface area contributed by atoms with Gasteiger partial charge in [-0.05, 0) is 79.3 Å². The van der Waals surface area contributed by atoms with Crippen LogP contribution in [0.3, 0.4) is 0 Å². The van der Waals surface area contributed by atoms with Crippen molar-refractivity contribution in [3.63, 3.8) is 0 Å². The van der Waals surface area contributed by atoms with Crippen LogP contribution in [0.1, 0.15) is 62.1 Å². The van der Waals surface area contributed by atoms with Crippen LogP contribution in [-0.2, 0) is 16.0 Å². The van der Waals surface area contributed by atoms with Crippen molar-refractivity contribution >= 4 is 17.6 Å². The van der Waals surface area contributed by atoms with E-state index in [1.165, 1.54) is 6.07 Å². The van der Waals surface area contributed by atoms with Crippen LogP contribution >= 0.6 is 0 Å². The van der Waals surface area contributed by atoms with Crippen LogP contribution < -0.4 is 19.1 Å². The quantitative estimate of drug-likeness (QED) is 0.231. The number of fused-ring (bicyclic) bond motifs is 1. The highest BCUT2D eigenvalue weighted by Crippen LogP contribution is 2.43. The average molecular weight is 619 g/mol. The molecule has 0 aromatic heterocycles. The van der Waals surface area contributed by atoms with E-state index in [0.29, 0.717) is 41.5 Å². The summed E-state index contributed by atoms with van der Waals surface area (Å²) < 4.78 is 31.1. The van der Waals surface area contributed by atoms with Gasteiger partial charge in [0.1, 0.15) is 11.6 Å². The van der Waals surface area contributed by atoms with Gasteiger partial charge in [-0.2, -0.15) is 0 Å². The van der Waals surface area contributed by atoms with Crippen molar-refractivity contribution in [2.24, 2.45) is 5.92 Å². The second-order valence-electron chi connectivity index (χ2n) is 12.0. The number of aryl methyl sites for hydroxylation is 1. The largest absolute Gasteiger partial charge is 0.496 e. The number of carbonyl (C=O) groups is 2. The Morgan fingerprint density at radius 1 is 1.04 bits per heavy atom. The number of methoxy groups -OCH3 is 1. The number of likely N-dealkylation sites (tertiary alicyclic amines) is 1. The summed E-state index contributed by atoms with van der Waals surface area (Å²) in [5.41, 5.74) is 2.84. The molecular weight excluding hydrogens is 575 g/mol. The van der Waals surface area contributed by atoms with E-state index < -0.39 is 23.8 Å². The molecule has 0 aliphatic carbocycles. The lowest BCUT2D eigenvalue weighted by molar-refractivity contribution is -0.143. The van der Waals surface area contributed by atoms with Crippen molar-refractivity contribution in [1.82, 2.24) is 4.90 Å². The Balaban J connectivity index is 1.54. The van der Waals surface area contributed by atoms with Gasteiger partial charge in [-0.25, -0.2) is 4.39 Å². The first-order chi connectivity index (χ1) is 21.7. The Labute approximate surface area is 264 Å². The molecule has 9 heteroatoms. The number of anilines is 1. The molecule has 2 heterocycles. The number of ether oxygens (including phenoxy) is 3. The Morgan fingerprint density at radius 3 is 2.47 bits per heavy atom. The SMILES string of the molecule is CCCC(CCC)N(C(=O)CN1C[C@H](c2ccc3c(c2)OCO3)[C@@H](C(=O)O)[C@@H]1Cc1ccccc1OC)c1ccc(F)c(C)c1. The van der Waals surface area contributed by atoms with Gasteiger partial charge in [0.05, 0.1) is 19.6 Å². The van der Waals surface area contributed by atoms with Gasteiger partial charge in [-0.3, -0.25) is 14.5 Å². The average Bonchev–Trinajstić information content (AvgIpc) is 3.64. The third-order valence-corrected chi connectivity index (χ3v) is 9.12. The number of rotatable bonds is 13. The first kappa shape index (κ1) is 32.3. The summed E-state index contributed by atoms with van der Waals surface area (Å²) in [5, 5.41) is 10.7. The molecule has 0 unspecified atom stereocenters. The summed E-state index contributed by atoms with van der Waals surface area (Å²) in [6, 6.07) is 17.4. The van der Waals surface area contributed by atoms with Crippen LogP contribution in [-0.4, -0.2) is 61.0 Å². The van der Waals surface area contributed by atoms with Crippen LogP contribution in [0.2, 0.25) is 0 Å². The fourth-order valence-electron chi connectivity index (χ4n) is 6.98. The standard InChI is InChI=1S/C36H43FN2O6/c1-5-9-26(10-6-2)39(27-14-15-29(37)23(3)17-27)34(40)21-38-20-28(24-13-16-32-33(19-24)45-22-44-32)35(36(41)42)30(38)18-25-11-7-8-12-31(25)43-4/h7-8,11-17,19,26,28,30,35H,5-6,9-10,18,20-22H2,1-4H3,(H,41,42)/t28-,30+,35-/m1/s1. The maximum atomic E-state index is 14.5. The number of amides is 1. The molecule has 2 aliphatic rings. The van der Waals surface area contributed by atoms with Gasteiger partial charge >= 0.3 is 5.97 Å². The summed E-state index contributed by atoms with van der Waals surface area (Å²) in [6.45, 7) is 6.40. The van der Waals surface area contributed by atoms with E-state index in [2.05, 4.69) is 13.8 Å². The highest BCUT2D eigenvalue weighted by molar-refractivity contribution is 5.95. The number of carboxylic acids is 1. The molecule has 5 rings (SSSR count). The number of hydrogen-bond donors (Lipinski definition) is 1. The Morgan fingerprint density at radius 2 is 1.78 bits per heavy atom. The molecule has 0 bridgehead atoms. The first-order valence-corrected chi connectivity index (χ1v) is 15.8. The molecule has 3 aromatic carbocycles. The molecule has 0 spiro atoms. The van der Waals surface area contributed by atoms with E-state index in [0.717, 1.165) is 36.8 Å². The molecule has 1 fully saturated rings. The number of carbonyl (C=O) groups excluding carboxylic acids is 1. The number of carboxylic acid groups (broad SMARTS) is 1.